The molecule has 7 heteroatoms. The van der Waals surface area contributed by atoms with Gasteiger partial charge >= 0.3 is 5.97 Å². The molecule has 0 aromatic heterocycles. The molecule has 0 aliphatic rings. The molecule has 116 valence electrons. The molecule has 0 spiro atoms. The summed E-state index contributed by atoms with van der Waals surface area (Å²) < 4.78 is 22.8. The van der Waals surface area contributed by atoms with Gasteiger partial charge in [0.15, 0.2) is 6.61 Å². The first kappa shape index (κ1) is 17.2. The highest BCUT2D eigenvalue weighted by Gasteiger charge is 2.06. The van der Waals surface area contributed by atoms with Crippen molar-refractivity contribution in [3.05, 3.63) is 29.0 Å². The van der Waals surface area contributed by atoms with Crippen molar-refractivity contribution in [1.82, 2.24) is 5.32 Å². The fourth-order valence-corrected chi connectivity index (χ4v) is 1.63. The number of hydrogen-bond acceptors (Lipinski definition) is 4. The SMILES string of the molecule is CCOC(=O)CCCNC(=O)COc1ccc(F)c(Cl)c1. The Morgan fingerprint density at radius 1 is 1.38 bits per heavy atom. The van der Waals surface area contributed by atoms with Gasteiger partial charge in [-0.15, -0.1) is 0 Å². The van der Waals surface area contributed by atoms with Gasteiger partial charge in [0.2, 0.25) is 0 Å². The lowest BCUT2D eigenvalue weighted by Crippen LogP contribution is -2.30. The number of esters is 1. The standard InChI is InChI=1S/C14H17ClFNO4/c1-2-20-14(19)4-3-7-17-13(18)9-21-10-5-6-12(16)11(15)8-10/h5-6,8H,2-4,7,9H2,1H3,(H,17,18). The van der Waals surface area contributed by atoms with E-state index in [1.165, 1.54) is 12.1 Å². The summed E-state index contributed by atoms with van der Waals surface area (Å²) in [4.78, 5) is 22.5. The maximum atomic E-state index is 12.9. The summed E-state index contributed by atoms with van der Waals surface area (Å²) in [6.07, 6.45) is 0.746. The van der Waals surface area contributed by atoms with Crippen LogP contribution in [0.5, 0.6) is 5.75 Å². The van der Waals surface area contributed by atoms with E-state index in [1.807, 2.05) is 0 Å². The zero-order chi connectivity index (χ0) is 15.7. The zero-order valence-corrected chi connectivity index (χ0v) is 12.4. The van der Waals surface area contributed by atoms with Crippen LogP contribution in [-0.2, 0) is 14.3 Å². The topological polar surface area (TPSA) is 64.6 Å². The summed E-state index contributed by atoms with van der Waals surface area (Å²) in [7, 11) is 0. The van der Waals surface area contributed by atoms with E-state index >= 15 is 0 Å². The highest BCUT2D eigenvalue weighted by molar-refractivity contribution is 6.30. The summed E-state index contributed by atoms with van der Waals surface area (Å²) in [5.74, 6) is -0.862. The third kappa shape index (κ3) is 6.94. The van der Waals surface area contributed by atoms with E-state index in [2.05, 4.69) is 5.32 Å². The van der Waals surface area contributed by atoms with Gasteiger partial charge in [0, 0.05) is 19.0 Å². The quantitative estimate of drug-likeness (QED) is 0.590. The monoisotopic (exact) mass is 317 g/mol. The number of hydrogen-bond donors (Lipinski definition) is 1. The van der Waals surface area contributed by atoms with Crippen LogP contribution in [0.2, 0.25) is 5.02 Å². The molecular weight excluding hydrogens is 301 g/mol. The molecule has 1 rings (SSSR count). The average molecular weight is 318 g/mol. The van der Waals surface area contributed by atoms with Gasteiger partial charge in [-0.1, -0.05) is 11.6 Å². The molecule has 0 saturated carbocycles. The lowest BCUT2D eigenvalue weighted by molar-refractivity contribution is -0.143. The Morgan fingerprint density at radius 3 is 2.81 bits per heavy atom. The van der Waals surface area contributed by atoms with Gasteiger partial charge in [0.25, 0.3) is 5.91 Å². The number of rotatable bonds is 8. The lowest BCUT2D eigenvalue weighted by Gasteiger charge is -2.08. The van der Waals surface area contributed by atoms with Crippen LogP contribution in [0.1, 0.15) is 19.8 Å². The zero-order valence-electron chi connectivity index (χ0n) is 11.7. The van der Waals surface area contributed by atoms with Crippen molar-refractivity contribution in [2.45, 2.75) is 19.8 Å². The Kier molecular flexibility index (Phi) is 7.53. The second-order valence-electron chi connectivity index (χ2n) is 4.12. The third-order valence-electron chi connectivity index (χ3n) is 2.45. The normalized spacial score (nSPS) is 10.0. The molecule has 0 saturated heterocycles. The number of benzene rings is 1. The number of ether oxygens (including phenoxy) is 2. The molecule has 1 aromatic rings. The molecular formula is C14H17ClFNO4. The second kappa shape index (κ2) is 9.18. The van der Waals surface area contributed by atoms with Crippen LogP contribution in [0.3, 0.4) is 0 Å². The molecule has 0 unspecified atom stereocenters. The van der Waals surface area contributed by atoms with E-state index in [0.717, 1.165) is 6.07 Å². The number of carbonyl (C=O) groups excluding carboxylic acids is 2. The van der Waals surface area contributed by atoms with Gasteiger partial charge in [0.05, 0.1) is 11.6 Å². The Bertz CT molecular complexity index is 496. The van der Waals surface area contributed by atoms with E-state index in [-0.39, 0.29) is 29.9 Å². The highest BCUT2D eigenvalue weighted by Crippen LogP contribution is 2.20. The van der Waals surface area contributed by atoms with Crippen LogP contribution < -0.4 is 10.1 Å². The summed E-state index contributed by atoms with van der Waals surface area (Å²) in [5, 5.41) is 2.53. The average Bonchev–Trinajstić information content (AvgIpc) is 2.45. The van der Waals surface area contributed by atoms with Crippen molar-refractivity contribution < 1.29 is 23.5 Å². The van der Waals surface area contributed by atoms with E-state index in [9.17, 15) is 14.0 Å². The Morgan fingerprint density at radius 2 is 2.14 bits per heavy atom. The van der Waals surface area contributed by atoms with E-state index in [1.54, 1.807) is 6.92 Å². The molecule has 0 atom stereocenters. The van der Waals surface area contributed by atoms with Crippen LogP contribution >= 0.6 is 11.6 Å². The van der Waals surface area contributed by atoms with Crippen LogP contribution in [0.25, 0.3) is 0 Å². The molecule has 0 heterocycles. The van der Waals surface area contributed by atoms with Gasteiger partial charge < -0.3 is 14.8 Å². The minimum Gasteiger partial charge on any atom is -0.484 e. The number of amides is 1. The Hall–Kier alpha value is -1.82. The van der Waals surface area contributed by atoms with Crippen molar-refractivity contribution >= 4 is 23.5 Å². The molecule has 1 aromatic carbocycles. The molecule has 5 nitrogen and oxygen atoms in total. The molecule has 0 radical (unpaired) electrons. The maximum absolute atomic E-state index is 12.9. The van der Waals surface area contributed by atoms with Gasteiger partial charge in [-0.25, -0.2) is 4.39 Å². The molecule has 0 aliphatic carbocycles. The van der Waals surface area contributed by atoms with E-state index < -0.39 is 5.82 Å². The number of halogens is 2. The Balaban J connectivity index is 2.19. The van der Waals surface area contributed by atoms with Gasteiger partial charge in [0.1, 0.15) is 11.6 Å². The van der Waals surface area contributed by atoms with Crippen LogP contribution in [0.15, 0.2) is 18.2 Å². The second-order valence-corrected chi connectivity index (χ2v) is 4.53. The molecule has 0 bridgehead atoms. The summed E-state index contributed by atoms with van der Waals surface area (Å²) in [5.41, 5.74) is 0. The summed E-state index contributed by atoms with van der Waals surface area (Å²) in [6, 6.07) is 3.84. The van der Waals surface area contributed by atoms with Crippen molar-refractivity contribution in [2.75, 3.05) is 19.8 Å². The van der Waals surface area contributed by atoms with Crippen molar-refractivity contribution in [3.63, 3.8) is 0 Å². The predicted molar refractivity (Wildman–Crippen MR) is 75.8 cm³/mol. The number of nitrogens with one attached hydrogen (secondary N) is 1. The van der Waals surface area contributed by atoms with E-state index in [0.29, 0.717) is 25.3 Å². The predicted octanol–water partition coefficient (Wildman–Crippen LogP) is 2.32. The van der Waals surface area contributed by atoms with Crippen LogP contribution in [0.4, 0.5) is 4.39 Å². The molecule has 0 aliphatic heterocycles. The summed E-state index contributed by atoms with van der Waals surface area (Å²) in [6.45, 7) is 2.23. The van der Waals surface area contributed by atoms with Gasteiger partial charge in [-0.3, -0.25) is 9.59 Å². The maximum Gasteiger partial charge on any atom is 0.305 e. The van der Waals surface area contributed by atoms with Gasteiger partial charge in [-0.05, 0) is 25.5 Å². The van der Waals surface area contributed by atoms with Gasteiger partial charge in [-0.2, -0.15) is 0 Å². The molecule has 0 fully saturated rings. The number of carbonyl (C=O) groups is 2. The van der Waals surface area contributed by atoms with Crippen LogP contribution in [-0.4, -0.2) is 31.6 Å². The van der Waals surface area contributed by atoms with Crippen molar-refractivity contribution in [1.29, 1.82) is 0 Å². The first-order valence-electron chi connectivity index (χ1n) is 6.53. The minimum absolute atomic E-state index is 0.0673. The van der Waals surface area contributed by atoms with E-state index in [4.69, 9.17) is 21.1 Å². The molecule has 21 heavy (non-hydrogen) atoms. The smallest absolute Gasteiger partial charge is 0.305 e. The molecule has 1 amide bonds. The first-order valence-corrected chi connectivity index (χ1v) is 6.91. The summed E-state index contributed by atoms with van der Waals surface area (Å²) >= 11 is 5.59. The fourth-order valence-electron chi connectivity index (χ4n) is 1.46. The van der Waals surface area contributed by atoms with Crippen molar-refractivity contribution in [3.8, 4) is 5.75 Å². The third-order valence-corrected chi connectivity index (χ3v) is 2.74. The minimum atomic E-state index is -0.549. The lowest BCUT2D eigenvalue weighted by atomic mass is 10.3. The molecule has 1 N–H and O–H groups in total. The van der Waals surface area contributed by atoms with Crippen molar-refractivity contribution in [2.24, 2.45) is 0 Å². The fraction of sp³-hybridized carbons (Fsp3) is 0.429. The first-order chi connectivity index (χ1) is 10.0. The largest absolute Gasteiger partial charge is 0.484 e. The van der Waals surface area contributed by atoms with Crippen LogP contribution in [0, 0.1) is 5.82 Å². The highest BCUT2D eigenvalue weighted by atomic mass is 35.5. The Labute approximate surface area is 127 Å².